The summed E-state index contributed by atoms with van der Waals surface area (Å²) in [5, 5.41) is 21.5. The molecule has 6 rings (SSSR count). The molecule has 1 amide bonds. The number of hydrogen-bond acceptors (Lipinski definition) is 6. The second-order valence-electron chi connectivity index (χ2n) is 9.70. The van der Waals surface area contributed by atoms with E-state index < -0.39 is 12.0 Å². The smallest absolute Gasteiger partial charge is 0.297 e. The van der Waals surface area contributed by atoms with Gasteiger partial charge < -0.3 is 9.84 Å². The van der Waals surface area contributed by atoms with E-state index in [1.807, 2.05) is 91.9 Å². The first-order valence-electron chi connectivity index (χ1n) is 13.4. The number of aromatic nitrogens is 3. The van der Waals surface area contributed by atoms with Gasteiger partial charge in [-0.25, -0.2) is 9.88 Å². The van der Waals surface area contributed by atoms with E-state index in [-0.39, 0.29) is 5.91 Å². The Hall–Kier alpha value is -4.14. The topological polar surface area (TPSA) is 82.3 Å². The average Bonchev–Trinajstić information content (AvgIpc) is 2.98. The molecular formula is C32H27ClN4O3S. The summed E-state index contributed by atoms with van der Waals surface area (Å²) < 4.78 is 7.91. The van der Waals surface area contributed by atoms with Crippen LogP contribution in [0.25, 0.3) is 22.0 Å². The summed E-state index contributed by atoms with van der Waals surface area (Å²) in [5.74, 6) is 0.510. The van der Waals surface area contributed by atoms with Gasteiger partial charge in [-0.1, -0.05) is 95.6 Å². The third-order valence-electron chi connectivity index (χ3n) is 7.02. The van der Waals surface area contributed by atoms with Gasteiger partial charge in [0.15, 0.2) is 0 Å². The third kappa shape index (κ3) is 4.98. The average molecular weight is 583 g/mol. The minimum atomic E-state index is -0.786. The van der Waals surface area contributed by atoms with Crippen molar-refractivity contribution in [2.24, 2.45) is 0 Å². The van der Waals surface area contributed by atoms with Crippen molar-refractivity contribution in [2.75, 3.05) is 11.5 Å². The fraction of sp³-hybridized carbons (Fsp3) is 0.188. The molecule has 1 aliphatic rings. The third-order valence-corrected chi connectivity index (χ3v) is 8.28. The molecule has 0 radical (unpaired) electrons. The Morgan fingerprint density at radius 1 is 1.05 bits per heavy atom. The van der Waals surface area contributed by atoms with Crippen LogP contribution in [0, 0.1) is 0 Å². The SMILES string of the molecule is CCCOc1ccc2ccccc2c1C1N(C(C)=O)c2ccccc2-c2c([O-])nc(SCc3ccccc3Cl)n[n+]21. The van der Waals surface area contributed by atoms with Crippen molar-refractivity contribution in [3.05, 3.63) is 101 Å². The fourth-order valence-corrected chi connectivity index (χ4v) is 6.35. The zero-order chi connectivity index (χ0) is 28.5. The molecule has 1 atom stereocenters. The molecule has 0 N–H and O–H groups in total. The molecule has 1 aromatic heterocycles. The molecule has 206 valence electrons. The highest BCUT2D eigenvalue weighted by molar-refractivity contribution is 7.98. The number of thioether (sulfide) groups is 1. The minimum Gasteiger partial charge on any atom is -0.854 e. The molecule has 5 aromatic rings. The van der Waals surface area contributed by atoms with Gasteiger partial charge in [-0.15, -0.1) is 0 Å². The summed E-state index contributed by atoms with van der Waals surface area (Å²) in [6, 6.07) is 26.8. The molecule has 1 aliphatic heterocycles. The van der Waals surface area contributed by atoms with E-state index >= 15 is 0 Å². The molecule has 2 heterocycles. The van der Waals surface area contributed by atoms with Crippen molar-refractivity contribution in [3.63, 3.8) is 0 Å². The number of ether oxygens (including phenoxy) is 1. The molecule has 0 aliphatic carbocycles. The van der Waals surface area contributed by atoms with Crippen LogP contribution in [-0.4, -0.2) is 22.6 Å². The summed E-state index contributed by atoms with van der Waals surface area (Å²) in [4.78, 5) is 19.5. The highest BCUT2D eigenvalue weighted by atomic mass is 35.5. The van der Waals surface area contributed by atoms with Crippen molar-refractivity contribution in [2.45, 2.75) is 37.3 Å². The van der Waals surface area contributed by atoms with Gasteiger partial charge in [0.2, 0.25) is 5.91 Å². The number of benzene rings is 4. The highest BCUT2D eigenvalue weighted by Crippen LogP contribution is 2.44. The lowest BCUT2D eigenvalue weighted by Gasteiger charge is -2.34. The highest BCUT2D eigenvalue weighted by Gasteiger charge is 2.46. The van der Waals surface area contributed by atoms with Gasteiger partial charge in [0, 0.05) is 22.8 Å². The molecule has 0 saturated heterocycles. The van der Waals surface area contributed by atoms with Crippen molar-refractivity contribution >= 4 is 45.7 Å². The van der Waals surface area contributed by atoms with Crippen LogP contribution in [0.2, 0.25) is 5.02 Å². The largest absolute Gasteiger partial charge is 0.854 e. The van der Waals surface area contributed by atoms with E-state index in [0.29, 0.717) is 45.2 Å². The fourth-order valence-electron chi connectivity index (χ4n) is 5.23. The maximum Gasteiger partial charge on any atom is 0.297 e. The van der Waals surface area contributed by atoms with Gasteiger partial charge in [-0.2, -0.15) is 0 Å². The number of carbonyl (C=O) groups is 1. The second-order valence-corrected chi connectivity index (χ2v) is 11.0. The number of hydrogen-bond donors (Lipinski definition) is 0. The second kappa shape index (κ2) is 11.4. The zero-order valence-corrected chi connectivity index (χ0v) is 24.2. The van der Waals surface area contributed by atoms with Crippen molar-refractivity contribution in [1.82, 2.24) is 10.1 Å². The number of nitrogens with zero attached hydrogens (tertiary/aromatic N) is 4. The van der Waals surface area contributed by atoms with Crippen LogP contribution < -0.4 is 19.4 Å². The number of amides is 1. The first kappa shape index (κ1) is 27.1. The lowest BCUT2D eigenvalue weighted by molar-refractivity contribution is -0.764. The van der Waals surface area contributed by atoms with Gasteiger partial charge in [-0.05, 0) is 47.0 Å². The van der Waals surface area contributed by atoms with Crippen LogP contribution in [0.15, 0.2) is 90.1 Å². The van der Waals surface area contributed by atoms with Crippen LogP contribution in [-0.2, 0) is 10.5 Å². The Bertz CT molecular complexity index is 1780. The van der Waals surface area contributed by atoms with Crippen LogP contribution >= 0.6 is 23.4 Å². The molecule has 0 fully saturated rings. The summed E-state index contributed by atoms with van der Waals surface area (Å²) in [7, 11) is 0. The predicted octanol–water partition coefficient (Wildman–Crippen LogP) is 6.31. The van der Waals surface area contributed by atoms with E-state index in [1.54, 1.807) is 9.58 Å². The van der Waals surface area contributed by atoms with E-state index in [9.17, 15) is 9.90 Å². The molecule has 0 spiro atoms. The van der Waals surface area contributed by atoms with Gasteiger partial charge in [0.1, 0.15) is 5.75 Å². The number of halogens is 1. The van der Waals surface area contributed by atoms with Crippen molar-refractivity contribution < 1.29 is 19.3 Å². The molecule has 7 nitrogen and oxygen atoms in total. The lowest BCUT2D eigenvalue weighted by Crippen LogP contribution is -2.59. The summed E-state index contributed by atoms with van der Waals surface area (Å²) in [6.45, 7) is 4.07. The quantitative estimate of drug-likeness (QED) is 0.165. The number of para-hydroxylation sites is 1. The van der Waals surface area contributed by atoms with Crippen LogP contribution in [0.4, 0.5) is 5.69 Å². The summed E-state index contributed by atoms with van der Waals surface area (Å²) in [5.41, 5.74) is 3.21. The predicted molar refractivity (Wildman–Crippen MR) is 159 cm³/mol. The summed E-state index contributed by atoms with van der Waals surface area (Å²) in [6.07, 6.45) is 0.0287. The number of anilines is 1. The molecular weight excluding hydrogens is 556 g/mol. The van der Waals surface area contributed by atoms with E-state index in [1.165, 1.54) is 18.7 Å². The normalized spacial score (nSPS) is 14.0. The Morgan fingerprint density at radius 3 is 2.61 bits per heavy atom. The first-order valence-corrected chi connectivity index (χ1v) is 14.7. The Labute approximate surface area is 247 Å². The molecule has 41 heavy (non-hydrogen) atoms. The van der Waals surface area contributed by atoms with Gasteiger partial charge in [0.25, 0.3) is 17.0 Å². The van der Waals surface area contributed by atoms with E-state index in [4.69, 9.17) is 21.4 Å². The monoisotopic (exact) mass is 582 g/mol. The van der Waals surface area contributed by atoms with Gasteiger partial charge in [-0.3, -0.25) is 4.79 Å². The Kier molecular flexibility index (Phi) is 7.51. The number of fused-ring (bicyclic) bond motifs is 4. The van der Waals surface area contributed by atoms with Crippen LogP contribution in [0.3, 0.4) is 0 Å². The van der Waals surface area contributed by atoms with Crippen molar-refractivity contribution in [1.29, 1.82) is 0 Å². The molecule has 0 saturated carbocycles. The Balaban J connectivity index is 1.60. The standard InChI is InChI=1S/C32H27ClN4O3S/c1-3-18-40-27-17-16-21-10-4-6-12-23(21)28(27)31-36(20(2)38)26-15-9-7-13-24(26)29-30(39)34-32(35-37(29)31)41-19-22-11-5-8-14-25(22)33/h4-17,31H,3,18-19H2,1-2H3. The minimum absolute atomic E-state index is 0.189. The van der Waals surface area contributed by atoms with Crippen molar-refractivity contribution in [3.8, 4) is 22.9 Å². The van der Waals surface area contributed by atoms with E-state index in [0.717, 1.165) is 28.3 Å². The first-order chi connectivity index (χ1) is 20.0. The van der Waals surface area contributed by atoms with Gasteiger partial charge in [0.05, 0.1) is 29.3 Å². The summed E-state index contributed by atoms with van der Waals surface area (Å²) >= 11 is 7.71. The molecule has 1 unspecified atom stereocenters. The van der Waals surface area contributed by atoms with E-state index in [2.05, 4.69) is 4.98 Å². The number of rotatable bonds is 7. The van der Waals surface area contributed by atoms with Gasteiger partial charge >= 0.3 is 0 Å². The zero-order valence-electron chi connectivity index (χ0n) is 22.6. The van der Waals surface area contributed by atoms with Crippen LogP contribution in [0.1, 0.15) is 37.6 Å². The lowest BCUT2D eigenvalue weighted by atomic mass is 9.96. The molecule has 0 bridgehead atoms. The molecule has 4 aromatic carbocycles. The molecule has 9 heteroatoms. The number of carbonyl (C=O) groups excluding carboxylic acids is 1. The maximum absolute atomic E-state index is 13.8. The van der Waals surface area contributed by atoms with Crippen LogP contribution in [0.5, 0.6) is 11.6 Å². The Morgan fingerprint density at radius 2 is 1.80 bits per heavy atom. The maximum atomic E-state index is 13.8.